The summed E-state index contributed by atoms with van der Waals surface area (Å²) in [5.74, 6) is 2.53. The number of halogens is 3. The van der Waals surface area contributed by atoms with E-state index in [1.54, 1.807) is 0 Å². The molecule has 1 unspecified atom stereocenters. The summed E-state index contributed by atoms with van der Waals surface area (Å²) < 4.78 is -1.70. The predicted molar refractivity (Wildman–Crippen MR) is 57.4 cm³/mol. The molecule has 1 atom stereocenters. The van der Waals surface area contributed by atoms with Crippen LogP contribution in [0, 0.1) is 11.5 Å². The molecule has 0 saturated heterocycles. The standard InChI is InChI=1S/C7H11Cl3OSi/c1-12(2,3)5-4-6(11)7(8,9)10/h6,11H,1-3H3. The van der Waals surface area contributed by atoms with Crippen LogP contribution in [0.3, 0.4) is 0 Å². The molecule has 0 aromatic heterocycles. The van der Waals surface area contributed by atoms with Gasteiger partial charge in [-0.1, -0.05) is 60.4 Å². The first kappa shape index (κ1) is 12.6. The van der Waals surface area contributed by atoms with Gasteiger partial charge in [-0.05, 0) is 0 Å². The highest BCUT2D eigenvalue weighted by Gasteiger charge is 2.29. The fourth-order valence-electron chi connectivity index (χ4n) is 0.367. The Balaban J connectivity index is 4.34. The summed E-state index contributed by atoms with van der Waals surface area (Å²) in [7, 11) is -1.50. The molecular formula is C7H11Cl3OSi. The van der Waals surface area contributed by atoms with Crippen molar-refractivity contribution in [3.8, 4) is 11.5 Å². The molecule has 0 amide bonds. The van der Waals surface area contributed by atoms with Crippen LogP contribution in [0.15, 0.2) is 0 Å². The third-order valence-electron chi connectivity index (χ3n) is 0.894. The van der Waals surface area contributed by atoms with Crippen LogP contribution in [-0.2, 0) is 0 Å². The van der Waals surface area contributed by atoms with E-state index < -0.39 is 18.0 Å². The molecular weight excluding hydrogens is 235 g/mol. The first-order chi connectivity index (χ1) is 5.13. The highest BCUT2D eigenvalue weighted by Crippen LogP contribution is 2.29. The van der Waals surface area contributed by atoms with Crippen LogP contribution in [0.5, 0.6) is 0 Å². The minimum absolute atomic E-state index is 1.20. The molecule has 0 fully saturated rings. The van der Waals surface area contributed by atoms with Gasteiger partial charge >= 0.3 is 0 Å². The van der Waals surface area contributed by atoms with E-state index in [0.29, 0.717) is 0 Å². The van der Waals surface area contributed by atoms with Gasteiger partial charge in [-0.15, -0.1) is 5.54 Å². The van der Waals surface area contributed by atoms with Crippen molar-refractivity contribution in [3.05, 3.63) is 0 Å². The van der Waals surface area contributed by atoms with Crippen LogP contribution in [-0.4, -0.2) is 23.1 Å². The van der Waals surface area contributed by atoms with E-state index in [-0.39, 0.29) is 0 Å². The van der Waals surface area contributed by atoms with Gasteiger partial charge in [0.25, 0.3) is 0 Å². The van der Waals surface area contributed by atoms with Crippen LogP contribution in [0.25, 0.3) is 0 Å². The van der Waals surface area contributed by atoms with Crippen molar-refractivity contribution >= 4 is 42.9 Å². The predicted octanol–water partition coefficient (Wildman–Crippen LogP) is 2.60. The van der Waals surface area contributed by atoms with Gasteiger partial charge in [0.05, 0.1) is 0 Å². The molecule has 0 heterocycles. The van der Waals surface area contributed by atoms with Gasteiger partial charge in [0.1, 0.15) is 8.07 Å². The molecule has 70 valence electrons. The smallest absolute Gasteiger partial charge is 0.227 e. The zero-order valence-corrected chi connectivity index (χ0v) is 10.4. The Hall–Kier alpha value is 0.607. The number of hydrogen-bond acceptors (Lipinski definition) is 1. The van der Waals surface area contributed by atoms with Crippen LogP contribution in [0.4, 0.5) is 0 Å². The summed E-state index contributed by atoms with van der Waals surface area (Å²) in [6, 6.07) is 0. The van der Waals surface area contributed by atoms with Gasteiger partial charge < -0.3 is 5.11 Å². The second-order valence-corrected chi connectivity index (χ2v) is 10.6. The van der Waals surface area contributed by atoms with E-state index in [4.69, 9.17) is 34.8 Å². The molecule has 5 heteroatoms. The van der Waals surface area contributed by atoms with E-state index in [9.17, 15) is 5.11 Å². The maximum atomic E-state index is 9.20. The summed E-state index contributed by atoms with van der Waals surface area (Å²) in [6.45, 7) is 6.14. The monoisotopic (exact) mass is 244 g/mol. The molecule has 12 heavy (non-hydrogen) atoms. The van der Waals surface area contributed by atoms with Gasteiger partial charge in [-0.2, -0.15) is 0 Å². The number of hydrogen-bond donors (Lipinski definition) is 1. The third kappa shape index (κ3) is 6.16. The van der Waals surface area contributed by atoms with Crippen molar-refractivity contribution in [2.75, 3.05) is 0 Å². The van der Waals surface area contributed by atoms with E-state index in [0.717, 1.165) is 0 Å². The second kappa shape index (κ2) is 4.21. The lowest BCUT2D eigenvalue weighted by molar-refractivity contribution is 0.237. The summed E-state index contributed by atoms with van der Waals surface area (Å²) in [6.07, 6.45) is -1.20. The highest BCUT2D eigenvalue weighted by molar-refractivity contribution is 6.83. The SMILES string of the molecule is C[Si](C)(C)C#CC(O)C(Cl)(Cl)Cl. The molecule has 0 aromatic carbocycles. The number of rotatable bonds is 0. The Morgan fingerprint density at radius 1 is 1.25 bits per heavy atom. The molecule has 0 aliphatic heterocycles. The van der Waals surface area contributed by atoms with Crippen molar-refractivity contribution in [1.29, 1.82) is 0 Å². The minimum Gasteiger partial charge on any atom is -0.376 e. The van der Waals surface area contributed by atoms with Crippen molar-refractivity contribution < 1.29 is 5.11 Å². The van der Waals surface area contributed by atoms with Gasteiger partial charge in [0.15, 0.2) is 6.10 Å². The van der Waals surface area contributed by atoms with Crippen molar-refractivity contribution in [3.63, 3.8) is 0 Å². The zero-order chi connectivity index (χ0) is 9.99. The highest BCUT2D eigenvalue weighted by atomic mass is 35.6. The van der Waals surface area contributed by atoms with E-state index >= 15 is 0 Å². The molecule has 1 N–H and O–H groups in total. The van der Waals surface area contributed by atoms with Gasteiger partial charge in [0, 0.05) is 0 Å². The quantitative estimate of drug-likeness (QED) is 0.395. The number of aliphatic hydroxyl groups is 1. The maximum absolute atomic E-state index is 9.20. The van der Waals surface area contributed by atoms with E-state index in [1.807, 2.05) is 19.6 Å². The second-order valence-electron chi connectivity index (χ2n) is 3.46. The van der Waals surface area contributed by atoms with Gasteiger partial charge in [0.2, 0.25) is 3.79 Å². The van der Waals surface area contributed by atoms with Crippen molar-refractivity contribution in [2.24, 2.45) is 0 Å². The van der Waals surface area contributed by atoms with E-state index in [2.05, 4.69) is 11.5 Å². The van der Waals surface area contributed by atoms with Crippen LogP contribution in [0.2, 0.25) is 19.6 Å². The average molecular weight is 246 g/mol. The molecule has 1 nitrogen and oxygen atoms in total. The minimum atomic E-state index is -1.70. The average Bonchev–Trinajstić information content (AvgIpc) is 1.78. The van der Waals surface area contributed by atoms with Gasteiger partial charge in [-0.3, -0.25) is 0 Å². The molecule has 0 aromatic rings. The Kier molecular flexibility index (Phi) is 4.43. The third-order valence-corrected chi connectivity index (χ3v) is 2.41. The number of alkyl halides is 3. The van der Waals surface area contributed by atoms with Crippen LogP contribution in [0.1, 0.15) is 0 Å². The maximum Gasteiger partial charge on any atom is 0.227 e. The molecule has 0 radical (unpaired) electrons. The van der Waals surface area contributed by atoms with Crippen LogP contribution < -0.4 is 0 Å². The topological polar surface area (TPSA) is 20.2 Å². The normalized spacial score (nSPS) is 14.9. The molecule has 0 spiro atoms. The van der Waals surface area contributed by atoms with Crippen LogP contribution >= 0.6 is 34.8 Å². The Morgan fingerprint density at radius 3 is 1.92 bits per heavy atom. The lowest BCUT2D eigenvalue weighted by atomic mass is 10.4. The lowest BCUT2D eigenvalue weighted by Gasteiger charge is -2.13. The fraction of sp³-hybridized carbons (Fsp3) is 0.714. The Labute approximate surface area is 89.0 Å². The van der Waals surface area contributed by atoms with Gasteiger partial charge in [-0.25, -0.2) is 0 Å². The van der Waals surface area contributed by atoms with E-state index in [1.165, 1.54) is 0 Å². The zero-order valence-electron chi connectivity index (χ0n) is 7.16. The summed E-state index contributed by atoms with van der Waals surface area (Å²) in [5.41, 5.74) is 2.91. The summed E-state index contributed by atoms with van der Waals surface area (Å²) in [4.78, 5) is 0. The van der Waals surface area contributed by atoms with Crippen molar-refractivity contribution in [2.45, 2.75) is 29.5 Å². The Morgan fingerprint density at radius 2 is 1.67 bits per heavy atom. The molecule has 0 aliphatic carbocycles. The Bertz CT molecular complexity index is 205. The molecule has 0 bridgehead atoms. The molecule has 0 rings (SSSR count). The lowest BCUT2D eigenvalue weighted by Crippen LogP contribution is -2.25. The van der Waals surface area contributed by atoms with Crippen molar-refractivity contribution in [1.82, 2.24) is 0 Å². The summed E-state index contributed by atoms with van der Waals surface area (Å²) in [5, 5.41) is 9.20. The first-order valence-corrected chi connectivity index (χ1v) is 8.04. The molecule has 0 aliphatic rings. The largest absolute Gasteiger partial charge is 0.376 e. The summed E-state index contributed by atoms with van der Waals surface area (Å²) >= 11 is 16.2. The number of aliphatic hydroxyl groups excluding tert-OH is 1. The first-order valence-electron chi connectivity index (χ1n) is 3.40. The molecule has 0 saturated carbocycles. The fourth-order valence-corrected chi connectivity index (χ4v) is 1.10.